The van der Waals surface area contributed by atoms with Gasteiger partial charge in [0.1, 0.15) is 11.9 Å². The summed E-state index contributed by atoms with van der Waals surface area (Å²) in [5.41, 5.74) is 1.82. The normalized spacial score (nSPS) is 22.2. The molecule has 2 unspecified atom stereocenters. The quantitative estimate of drug-likeness (QED) is 0.931. The third-order valence-corrected chi connectivity index (χ3v) is 3.36. The van der Waals surface area contributed by atoms with E-state index in [0.717, 1.165) is 11.3 Å². The molecule has 5 heteroatoms. The lowest BCUT2D eigenvalue weighted by Crippen LogP contribution is -2.25. The number of nitrogens with zero attached hydrogens (tertiary/aromatic N) is 2. The molecule has 1 aromatic carbocycles. The number of benzene rings is 1. The van der Waals surface area contributed by atoms with Crippen molar-refractivity contribution in [2.75, 3.05) is 18.1 Å². The largest absolute Gasteiger partial charge is 0.394 e. The lowest BCUT2D eigenvalue weighted by molar-refractivity contribution is 0.0147. The number of hydrogen-bond acceptors (Lipinski definition) is 4. The number of aliphatic hydroxyl groups is 1. The molecule has 4 nitrogen and oxygen atoms in total. The van der Waals surface area contributed by atoms with E-state index >= 15 is 0 Å². The smallest absolute Gasteiger partial charge is 0.157 e. The van der Waals surface area contributed by atoms with E-state index in [-0.39, 0.29) is 24.8 Å². The van der Waals surface area contributed by atoms with Gasteiger partial charge in [0.25, 0.3) is 0 Å². The van der Waals surface area contributed by atoms with Crippen LogP contribution in [0.2, 0.25) is 0 Å². The van der Waals surface area contributed by atoms with E-state index in [1.54, 1.807) is 24.5 Å². The van der Waals surface area contributed by atoms with Gasteiger partial charge >= 0.3 is 0 Å². The maximum atomic E-state index is 13.0. The van der Waals surface area contributed by atoms with Gasteiger partial charge in [0.05, 0.1) is 6.61 Å². The zero-order chi connectivity index (χ0) is 13.9. The van der Waals surface area contributed by atoms with Crippen molar-refractivity contribution in [3.05, 3.63) is 60.2 Å². The highest BCUT2D eigenvalue weighted by Crippen LogP contribution is 2.34. The lowest BCUT2D eigenvalue weighted by Gasteiger charge is -2.25. The Morgan fingerprint density at radius 1 is 1.20 bits per heavy atom. The van der Waals surface area contributed by atoms with E-state index < -0.39 is 0 Å². The van der Waals surface area contributed by atoms with Crippen molar-refractivity contribution in [2.45, 2.75) is 12.3 Å². The summed E-state index contributed by atoms with van der Waals surface area (Å²) in [6, 6.07) is 10.0. The van der Waals surface area contributed by atoms with E-state index in [0.29, 0.717) is 6.54 Å². The standard InChI is InChI=1S/C15H15FN2O2/c16-12-1-3-13(4-2-12)18-9-14(10-19)20-15(18)11-5-7-17-8-6-11/h1-8,14-15,19H,9-10H2. The zero-order valence-corrected chi connectivity index (χ0v) is 10.8. The molecule has 0 aliphatic carbocycles. The minimum atomic E-state index is -0.291. The fraction of sp³-hybridized carbons (Fsp3) is 0.267. The Morgan fingerprint density at radius 3 is 2.55 bits per heavy atom. The lowest BCUT2D eigenvalue weighted by atomic mass is 10.2. The molecule has 2 atom stereocenters. The van der Waals surface area contributed by atoms with Crippen molar-refractivity contribution in [3.8, 4) is 0 Å². The van der Waals surface area contributed by atoms with Crippen LogP contribution in [-0.4, -0.2) is 29.3 Å². The Hall–Kier alpha value is -1.98. The van der Waals surface area contributed by atoms with Gasteiger partial charge in [-0.1, -0.05) is 0 Å². The van der Waals surface area contributed by atoms with Crippen LogP contribution in [0.4, 0.5) is 10.1 Å². The summed E-state index contributed by atoms with van der Waals surface area (Å²) in [5, 5.41) is 9.32. The Kier molecular flexibility index (Phi) is 3.62. The van der Waals surface area contributed by atoms with Gasteiger partial charge in [-0.2, -0.15) is 0 Å². The molecule has 1 saturated heterocycles. The predicted octanol–water partition coefficient (Wildman–Crippen LogP) is 2.12. The highest BCUT2D eigenvalue weighted by molar-refractivity contribution is 5.49. The van der Waals surface area contributed by atoms with Crippen molar-refractivity contribution in [2.24, 2.45) is 0 Å². The van der Waals surface area contributed by atoms with Gasteiger partial charge in [-0.25, -0.2) is 4.39 Å². The maximum Gasteiger partial charge on any atom is 0.157 e. The highest BCUT2D eigenvalue weighted by atomic mass is 19.1. The van der Waals surface area contributed by atoms with E-state index in [1.807, 2.05) is 17.0 Å². The van der Waals surface area contributed by atoms with Crippen LogP contribution in [0.3, 0.4) is 0 Å². The van der Waals surface area contributed by atoms with E-state index in [4.69, 9.17) is 4.74 Å². The first-order valence-electron chi connectivity index (χ1n) is 6.46. The van der Waals surface area contributed by atoms with Crippen LogP contribution in [0.15, 0.2) is 48.8 Å². The number of halogens is 1. The van der Waals surface area contributed by atoms with Crippen LogP contribution >= 0.6 is 0 Å². The van der Waals surface area contributed by atoms with Gasteiger partial charge in [0.2, 0.25) is 0 Å². The molecule has 1 fully saturated rings. The van der Waals surface area contributed by atoms with E-state index in [9.17, 15) is 9.50 Å². The SMILES string of the molecule is OCC1CN(c2ccc(F)cc2)C(c2ccncc2)O1. The molecule has 0 bridgehead atoms. The van der Waals surface area contributed by atoms with Crippen LogP contribution in [-0.2, 0) is 4.74 Å². The number of hydrogen-bond donors (Lipinski definition) is 1. The van der Waals surface area contributed by atoms with Gasteiger partial charge in [0, 0.05) is 30.2 Å². The molecule has 1 aliphatic heterocycles. The first kappa shape index (κ1) is 13.0. The highest BCUT2D eigenvalue weighted by Gasteiger charge is 2.33. The molecule has 1 aromatic heterocycles. The van der Waals surface area contributed by atoms with Gasteiger partial charge in [0.15, 0.2) is 6.23 Å². The molecule has 20 heavy (non-hydrogen) atoms. The van der Waals surface area contributed by atoms with E-state index in [1.165, 1.54) is 12.1 Å². The van der Waals surface area contributed by atoms with Gasteiger partial charge in [-0.3, -0.25) is 4.98 Å². The average molecular weight is 274 g/mol. The van der Waals surface area contributed by atoms with Crippen molar-refractivity contribution < 1.29 is 14.2 Å². The molecule has 0 radical (unpaired) electrons. The van der Waals surface area contributed by atoms with Crippen LogP contribution in [0.1, 0.15) is 11.8 Å². The number of anilines is 1. The summed E-state index contributed by atoms with van der Waals surface area (Å²) in [4.78, 5) is 6.00. The Labute approximate surface area is 116 Å². The first-order chi connectivity index (χ1) is 9.78. The monoisotopic (exact) mass is 274 g/mol. The Bertz CT molecular complexity index is 562. The second-order valence-corrected chi connectivity index (χ2v) is 4.70. The summed E-state index contributed by atoms with van der Waals surface area (Å²) in [6.07, 6.45) is 2.86. The van der Waals surface area contributed by atoms with E-state index in [2.05, 4.69) is 4.98 Å². The zero-order valence-electron chi connectivity index (χ0n) is 10.8. The minimum absolute atomic E-state index is 0.0424. The summed E-state index contributed by atoms with van der Waals surface area (Å²) >= 11 is 0. The fourth-order valence-corrected chi connectivity index (χ4v) is 2.37. The molecule has 1 N–H and O–H groups in total. The fourth-order valence-electron chi connectivity index (χ4n) is 2.37. The molecular formula is C15H15FN2O2. The number of aromatic nitrogens is 1. The summed E-state index contributed by atoms with van der Waals surface area (Å²) in [7, 11) is 0. The molecule has 1 aliphatic rings. The molecule has 0 spiro atoms. The number of rotatable bonds is 3. The molecule has 0 saturated carbocycles. The molecule has 2 aromatic rings. The summed E-state index contributed by atoms with van der Waals surface area (Å²) in [5.74, 6) is -0.270. The van der Waals surface area contributed by atoms with Crippen LogP contribution in [0.5, 0.6) is 0 Å². The van der Waals surface area contributed by atoms with Crippen molar-refractivity contribution in [1.82, 2.24) is 4.98 Å². The van der Waals surface area contributed by atoms with Gasteiger partial charge < -0.3 is 14.7 Å². The molecule has 0 amide bonds. The van der Waals surface area contributed by atoms with Crippen molar-refractivity contribution in [1.29, 1.82) is 0 Å². The third kappa shape index (κ3) is 2.50. The van der Waals surface area contributed by atoms with Crippen LogP contribution in [0.25, 0.3) is 0 Å². The second kappa shape index (κ2) is 5.56. The molecular weight excluding hydrogens is 259 g/mol. The van der Waals surface area contributed by atoms with Gasteiger partial charge in [-0.15, -0.1) is 0 Å². The minimum Gasteiger partial charge on any atom is -0.394 e. The van der Waals surface area contributed by atoms with Crippen molar-refractivity contribution in [3.63, 3.8) is 0 Å². The van der Waals surface area contributed by atoms with Crippen LogP contribution < -0.4 is 4.90 Å². The van der Waals surface area contributed by atoms with Gasteiger partial charge in [-0.05, 0) is 36.4 Å². The summed E-state index contributed by atoms with van der Waals surface area (Å²) in [6.45, 7) is 0.522. The Morgan fingerprint density at radius 2 is 1.90 bits per heavy atom. The number of aliphatic hydroxyl groups excluding tert-OH is 1. The Balaban J connectivity index is 1.92. The first-order valence-corrected chi connectivity index (χ1v) is 6.46. The third-order valence-electron chi connectivity index (χ3n) is 3.36. The maximum absolute atomic E-state index is 13.0. The van der Waals surface area contributed by atoms with Crippen LogP contribution in [0, 0.1) is 5.82 Å². The summed E-state index contributed by atoms with van der Waals surface area (Å²) < 4.78 is 18.9. The predicted molar refractivity (Wildman–Crippen MR) is 72.7 cm³/mol. The second-order valence-electron chi connectivity index (χ2n) is 4.70. The molecule has 2 heterocycles. The molecule has 3 rings (SSSR count). The number of ether oxygens (including phenoxy) is 1. The average Bonchev–Trinajstić information content (AvgIpc) is 2.93. The van der Waals surface area contributed by atoms with Crippen molar-refractivity contribution >= 4 is 5.69 Å². The molecule has 104 valence electrons. The number of pyridine rings is 1. The topological polar surface area (TPSA) is 45.6 Å².